The Bertz CT molecular complexity index is 567. The van der Waals surface area contributed by atoms with Crippen LogP contribution in [0.15, 0.2) is 18.5 Å². The van der Waals surface area contributed by atoms with Gasteiger partial charge in [0.2, 0.25) is 0 Å². The second-order valence-corrected chi connectivity index (χ2v) is 6.18. The van der Waals surface area contributed by atoms with Crippen LogP contribution in [-0.4, -0.2) is 42.0 Å². The van der Waals surface area contributed by atoms with Crippen LogP contribution >= 0.6 is 0 Å². The van der Waals surface area contributed by atoms with Crippen LogP contribution in [-0.2, 0) is 6.18 Å². The van der Waals surface area contributed by atoms with Gasteiger partial charge in [0.15, 0.2) is 0 Å². The van der Waals surface area contributed by atoms with Crippen molar-refractivity contribution in [3.63, 3.8) is 0 Å². The van der Waals surface area contributed by atoms with Crippen molar-refractivity contribution >= 4 is 5.91 Å². The predicted octanol–water partition coefficient (Wildman–Crippen LogP) is 2.32. The maximum Gasteiger partial charge on any atom is 0.417 e. The lowest BCUT2D eigenvalue weighted by molar-refractivity contribution is -0.138. The van der Waals surface area contributed by atoms with Crippen molar-refractivity contribution in [2.75, 3.05) is 26.2 Å². The van der Waals surface area contributed by atoms with Crippen molar-refractivity contribution in [1.29, 1.82) is 0 Å². The number of nitrogens with one attached hydrogen (secondary N) is 1. The Morgan fingerprint density at radius 2 is 2.18 bits per heavy atom. The zero-order valence-electron chi connectivity index (χ0n) is 12.1. The van der Waals surface area contributed by atoms with Crippen molar-refractivity contribution in [2.45, 2.75) is 25.4 Å². The number of pyridine rings is 1. The molecule has 1 aromatic heterocycles. The minimum atomic E-state index is -4.54. The highest BCUT2D eigenvalue weighted by Crippen LogP contribution is 2.38. The van der Waals surface area contributed by atoms with E-state index in [1.807, 2.05) is 0 Å². The van der Waals surface area contributed by atoms with E-state index in [0.29, 0.717) is 13.1 Å². The molecule has 1 atom stereocenters. The fourth-order valence-electron chi connectivity index (χ4n) is 3.47. The molecule has 2 saturated heterocycles. The Hall–Kier alpha value is -1.63. The second-order valence-electron chi connectivity index (χ2n) is 6.18. The summed E-state index contributed by atoms with van der Waals surface area (Å²) in [6.07, 6.45) is 0.447. The topological polar surface area (TPSA) is 45.2 Å². The largest absolute Gasteiger partial charge is 0.417 e. The highest BCUT2D eigenvalue weighted by Gasteiger charge is 2.42. The molecule has 1 spiro atoms. The smallest absolute Gasteiger partial charge is 0.338 e. The average Bonchev–Trinajstić information content (AvgIpc) is 2.90. The lowest BCUT2D eigenvalue weighted by Gasteiger charge is -2.33. The fraction of sp³-hybridized carbons (Fsp3) is 0.600. The first-order valence-corrected chi connectivity index (χ1v) is 7.43. The standard InChI is InChI=1S/C15H18F3N3O/c16-15(17,18)12-2-6-19-8-11(12)13(22)21-7-4-14(10-21)3-1-5-20-9-14/h2,6,8,20H,1,3-5,7,9-10H2. The Morgan fingerprint density at radius 1 is 1.36 bits per heavy atom. The van der Waals surface area contributed by atoms with E-state index in [9.17, 15) is 18.0 Å². The Morgan fingerprint density at radius 3 is 2.86 bits per heavy atom. The van der Waals surface area contributed by atoms with Crippen LogP contribution in [0.2, 0.25) is 0 Å². The third-order valence-corrected chi connectivity index (χ3v) is 4.64. The van der Waals surface area contributed by atoms with E-state index in [1.165, 1.54) is 0 Å². The average molecular weight is 313 g/mol. The van der Waals surface area contributed by atoms with Gasteiger partial charge in [0.25, 0.3) is 5.91 Å². The Kier molecular flexibility index (Phi) is 3.84. The van der Waals surface area contributed by atoms with Gasteiger partial charge in [0.1, 0.15) is 0 Å². The Labute approximate surface area is 126 Å². The molecule has 0 aliphatic carbocycles. The molecule has 1 aromatic rings. The number of carbonyl (C=O) groups is 1. The summed E-state index contributed by atoms with van der Waals surface area (Å²) in [5.41, 5.74) is -1.24. The molecule has 0 aromatic carbocycles. The summed E-state index contributed by atoms with van der Waals surface area (Å²) in [7, 11) is 0. The highest BCUT2D eigenvalue weighted by atomic mass is 19.4. The number of piperidine rings is 1. The Balaban J connectivity index is 1.81. The molecule has 2 aliphatic heterocycles. The van der Waals surface area contributed by atoms with E-state index in [1.54, 1.807) is 4.90 Å². The molecule has 0 bridgehead atoms. The highest BCUT2D eigenvalue weighted by molar-refractivity contribution is 5.95. The van der Waals surface area contributed by atoms with Crippen LogP contribution in [0.5, 0.6) is 0 Å². The normalized spacial score (nSPS) is 25.7. The molecule has 3 rings (SSSR count). The van der Waals surface area contributed by atoms with Crippen LogP contribution in [0.1, 0.15) is 35.2 Å². The molecular weight excluding hydrogens is 295 g/mol. The number of carbonyl (C=O) groups excluding carboxylic acids is 1. The number of likely N-dealkylation sites (tertiary alicyclic amines) is 1. The maximum atomic E-state index is 13.0. The van der Waals surface area contributed by atoms with Gasteiger partial charge in [-0.15, -0.1) is 0 Å². The summed E-state index contributed by atoms with van der Waals surface area (Å²) in [4.78, 5) is 17.7. The molecule has 120 valence electrons. The first-order chi connectivity index (χ1) is 10.4. The van der Waals surface area contributed by atoms with Gasteiger partial charge in [-0.2, -0.15) is 13.2 Å². The van der Waals surface area contributed by atoms with E-state index in [0.717, 1.165) is 50.8 Å². The minimum Gasteiger partial charge on any atom is -0.338 e. The summed E-state index contributed by atoms with van der Waals surface area (Å²) in [6, 6.07) is 0.862. The van der Waals surface area contributed by atoms with Crippen molar-refractivity contribution in [2.24, 2.45) is 5.41 Å². The van der Waals surface area contributed by atoms with Crippen LogP contribution in [0, 0.1) is 5.41 Å². The van der Waals surface area contributed by atoms with Crippen LogP contribution in [0.4, 0.5) is 13.2 Å². The first kappa shape index (κ1) is 15.3. The number of alkyl halides is 3. The van der Waals surface area contributed by atoms with Gasteiger partial charge in [0.05, 0.1) is 11.1 Å². The molecule has 2 fully saturated rings. The van der Waals surface area contributed by atoms with Crippen molar-refractivity contribution in [1.82, 2.24) is 15.2 Å². The van der Waals surface area contributed by atoms with Gasteiger partial charge < -0.3 is 10.2 Å². The number of hydrogen-bond donors (Lipinski definition) is 1. The van der Waals surface area contributed by atoms with E-state index < -0.39 is 17.6 Å². The molecule has 1 N–H and O–H groups in total. The van der Waals surface area contributed by atoms with Crippen LogP contribution < -0.4 is 5.32 Å². The van der Waals surface area contributed by atoms with Gasteiger partial charge in [-0.05, 0) is 31.9 Å². The molecule has 0 radical (unpaired) electrons. The number of nitrogens with zero attached hydrogens (tertiary/aromatic N) is 2. The molecule has 1 amide bonds. The summed E-state index contributed by atoms with van der Waals surface area (Å²) in [5, 5.41) is 3.32. The molecule has 22 heavy (non-hydrogen) atoms. The van der Waals surface area contributed by atoms with E-state index in [-0.39, 0.29) is 11.0 Å². The van der Waals surface area contributed by atoms with E-state index >= 15 is 0 Å². The van der Waals surface area contributed by atoms with Crippen LogP contribution in [0.25, 0.3) is 0 Å². The van der Waals surface area contributed by atoms with E-state index in [4.69, 9.17) is 0 Å². The quantitative estimate of drug-likeness (QED) is 0.865. The van der Waals surface area contributed by atoms with Crippen molar-refractivity contribution in [3.8, 4) is 0 Å². The number of amides is 1. The molecule has 4 nitrogen and oxygen atoms in total. The third kappa shape index (κ3) is 2.82. The van der Waals surface area contributed by atoms with Crippen LogP contribution in [0.3, 0.4) is 0 Å². The lowest BCUT2D eigenvalue weighted by atomic mass is 9.80. The second kappa shape index (κ2) is 5.53. The molecular formula is C15H18F3N3O. The van der Waals surface area contributed by atoms with Gasteiger partial charge in [-0.1, -0.05) is 0 Å². The summed E-state index contributed by atoms with van der Waals surface area (Å²) in [6.45, 7) is 2.82. The van der Waals surface area contributed by atoms with Gasteiger partial charge in [0, 0.05) is 37.4 Å². The third-order valence-electron chi connectivity index (χ3n) is 4.64. The first-order valence-electron chi connectivity index (χ1n) is 7.43. The molecule has 1 unspecified atom stereocenters. The van der Waals surface area contributed by atoms with Gasteiger partial charge in [-0.25, -0.2) is 0 Å². The van der Waals surface area contributed by atoms with Crippen molar-refractivity contribution in [3.05, 3.63) is 29.6 Å². The minimum absolute atomic E-state index is 0.0223. The number of rotatable bonds is 1. The zero-order valence-corrected chi connectivity index (χ0v) is 12.1. The van der Waals surface area contributed by atoms with E-state index in [2.05, 4.69) is 10.3 Å². The number of hydrogen-bond acceptors (Lipinski definition) is 3. The zero-order chi connectivity index (χ0) is 15.8. The molecule has 7 heteroatoms. The fourth-order valence-corrected chi connectivity index (χ4v) is 3.47. The summed E-state index contributed by atoms with van der Waals surface area (Å²) >= 11 is 0. The maximum absolute atomic E-state index is 13.0. The van der Waals surface area contributed by atoms with Crippen molar-refractivity contribution < 1.29 is 18.0 Å². The van der Waals surface area contributed by atoms with Gasteiger partial charge in [-0.3, -0.25) is 9.78 Å². The number of aromatic nitrogens is 1. The number of halogens is 3. The molecule has 2 aliphatic rings. The predicted molar refractivity (Wildman–Crippen MR) is 74.3 cm³/mol. The SMILES string of the molecule is O=C(c1cnccc1C(F)(F)F)N1CCC2(CCCNC2)C1. The monoisotopic (exact) mass is 313 g/mol. The summed E-state index contributed by atoms with van der Waals surface area (Å²) < 4.78 is 39.1. The van der Waals surface area contributed by atoms with Gasteiger partial charge >= 0.3 is 6.18 Å². The lowest BCUT2D eigenvalue weighted by Crippen LogP contribution is -2.42. The molecule has 0 saturated carbocycles. The summed E-state index contributed by atoms with van der Waals surface area (Å²) in [5.74, 6) is -0.567. The molecule has 3 heterocycles.